The number of carboxylic acids is 1. The van der Waals surface area contributed by atoms with Crippen LogP contribution >= 0.6 is 0 Å². The molecule has 3 N–H and O–H groups in total. The summed E-state index contributed by atoms with van der Waals surface area (Å²) < 4.78 is 6.37. The average molecular weight is 395 g/mol. The van der Waals surface area contributed by atoms with Crippen LogP contribution in [0.25, 0.3) is 0 Å². The molecule has 0 radical (unpaired) electrons. The fourth-order valence-corrected chi connectivity index (χ4v) is 5.41. The van der Waals surface area contributed by atoms with Crippen molar-refractivity contribution in [2.45, 2.75) is 68.4 Å². The van der Waals surface area contributed by atoms with E-state index in [9.17, 15) is 9.90 Å². The highest BCUT2D eigenvalue weighted by Crippen LogP contribution is 2.53. The standard InChI is InChI=1S/C24H30N2O3/c1-17(25)18-5-4-6-19(13-18)20-8-9-24(14-20)16-23(10-12-29-24,15-22(27)28)21-7-2-3-11-26-21/h2-7,11,13,17,20H,8-10,12,14-16,25H2,1H3,(H,27,28)/t17-,20?,23-,24?/m0/s1. The highest BCUT2D eigenvalue weighted by Gasteiger charge is 2.51. The van der Waals surface area contributed by atoms with Gasteiger partial charge in [0.25, 0.3) is 0 Å². The zero-order chi connectivity index (χ0) is 20.5. The monoisotopic (exact) mass is 394 g/mol. The second kappa shape index (κ2) is 7.88. The molecule has 1 aromatic heterocycles. The summed E-state index contributed by atoms with van der Waals surface area (Å²) in [6, 6.07) is 14.4. The minimum Gasteiger partial charge on any atom is -0.481 e. The fourth-order valence-electron chi connectivity index (χ4n) is 5.41. The summed E-state index contributed by atoms with van der Waals surface area (Å²) in [6.45, 7) is 2.59. The molecule has 5 nitrogen and oxygen atoms in total. The third-order valence-electron chi connectivity index (χ3n) is 6.82. The summed E-state index contributed by atoms with van der Waals surface area (Å²) in [7, 11) is 0. The van der Waals surface area contributed by atoms with Crippen molar-refractivity contribution in [1.29, 1.82) is 0 Å². The third kappa shape index (κ3) is 4.07. The van der Waals surface area contributed by atoms with Gasteiger partial charge in [-0.25, -0.2) is 0 Å². The van der Waals surface area contributed by atoms with Gasteiger partial charge in [-0.05, 0) is 68.2 Å². The normalized spacial score (nSPS) is 30.3. The van der Waals surface area contributed by atoms with Crippen molar-refractivity contribution in [1.82, 2.24) is 4.98 Å². The van der Waals surface area contributed by atoms with Crippen LogP contribution in [0.5, 0.6) is 0 Å². The molecule has 1 aliphatic carbocycles. The molecule has 1 aromatic carbocycles. The smallest absolute Gasteiger partial charge is 0.304 e. The summed E-state index contributed by atoms with van der Waals surface area (Å²) in [5, 5.41) is 9.66. The van der Waals surface area contributed by atoms with Crippen molar-refractivity contribution < 1.29 is 14.6 Å². The van der Waals surface area contributed by atoms with Crippen LogP contribution in [0.2, 0.25) is 0 Å². The minimum atomic E-state index is -0.771. The Morgan fingerprint density at radius 3 is 2.90 bits per heavy atom. The third-order valence-corrected chi connectivity index (χ3v) is 6.82. The first-order chi connectivity index (χ1) is 13.9. The van der Waals surface area contributed by atoms with Crippen molar-refractivity contribution in [3.63, 3.8) is 0 Å². The van der Waals surface area contributed by atoms with E-state index in [4.69, 9.17) is 10.5 Å². The number of pyridine rings is 1. The Morgan fingerprint density at radius 1 is 1.31 bits per heavy atom. The van der Waals surface area contributed by atoms with Gasteiger partial charge in [0.2, 0.25) is 0 Å². The Labute approximate surface area is 172 Å². The van der Waals surface area contributed by atoms with Crippen molar-refractivity contribution in [2.24, 2.45) is 5.73 Å². The van der Waals surface area contributed by atoms with E-state index in [1.54, 1.807) is 6.20 Å². The van der Waals surface area contributed by atoms with E-state index in [1.165, 1.54) is 5.56 Å². The molecule has 4 atom stereocenters. The lowest BCUT2D eigenvalue weighted by Crippen LogP contribution is -2.47. The Hall–Kier alpha value is -2.24. The highest BCUT2D eigenvalue weighted by atomic mass is 16.5. The Morgan fingerprint density at radius 2 is 2.17 bits per heavy atom. The lowest BCUT2D eigenvalue weighted by atomic mass is 9.67. The summed E-state index contributed by atoms with van der Waals surface area (Å²) in [5.74, 6) is -0.357. The fraction of sp³-hybridized carbons (Fsp3) is 0.500. The van der Waals surface area contributed by atoms with E-state index < -0.39 is 11.4 Å². The lowest BCUT2D eigenvalue weighted by Gasteiger charge is -2.46. The lowest BCUT2D eigenvalue weighted by molar-refractivity contribution is -0.144. The van der Waals surface area contributed by atoms with E-state index in [2.05, 4.69) is 29.2 Å². The van der Waals surface area contributed by atoms with Gasteiger partial charge in [-0.1, -0.05) is 30.3 Å². The molecular formula is C24H30N2O3. The number of hydrogen-bond acceptors (Lipinski definition) is 4. The summed E-state index contributed by atoms with van der Waals surface area (Å²) in [6.07, 6.45) is 6.19. The van der Waals surface area contributed by atoms with Gasteiger partial charge in [-0.2, -0.15) is 0 Å². The first-order valence-corrected chi connectivity index (χ1v) is 10.5. The van der Waals surface area contributed by atoms with E-state index in [0.717, 1.165) is 30.5 Å². The molecule has 1 spiro atoms. The number of carbonyl (C=O) groups is 1. The molecule has 2 aromatic rings. The van der Waals surface area contributed by atoms with E-state index in [0.29, 0.717) is 25.4 Å². The van der Waals surface area contributed by atoms with Gasteiger partial charge in [-0.15, -0.1) is 0 Å². The van der Waals surface area contributed by atoms with Crippen LogP contribution in [-0.4, -0.2) is 28.3 Å². The van der Waals surface area contributed by atoms with Crippen LogP contribution in [-0.2, 0) is 14.9 Å². The van der Waals surface area contributed by atoms with Crippen LogP contribution in [0, 0.1) is 0 Å². The molecule has 0 amide bonds. The molecule has 2 heterocycles. The van der Waals surface area contributed by atoms with Crippen LogP contribution in [0.15, 0.2) is 48.7 Å². The van der Waals surface area contributed by atoms with Crippen LogP contribution < -0.4 is 5.73 Å². The number of rotatable bonds is 5. The van der Waals surface area contributed by atoms with Gasteiger partial charge in [0, 0.05) is 30.0 Å². The molecular weight excluding hydrogens is 364 g/mol. The summed E-state index contributed by atoms with van der Waals surface area (Å²) >= 11 is 0. The van der Waals surface area contributed by atoms with E-state index >= 15 is 0 Å². The van der Waals surface area contributed by atoms with Crippen LogP contribution in [0.3, 0.4) is 0 Å². The predicted octanol–water partition coefficient (Wildman–Crippen LogP) is 4.33. The molecule has 5 heteroatoms. The van der Waals surface area contributed by atoms with Crippen molar-refractivity contribution in [2.75, 3.05) is 6.61 Å². The molecule has 1 saturated carbocycles. The highest BCUT2D eigenvalue weighted by molar-refractivity contribution is 5.69. The number of ether oxygens (including phenoxy) is 1. The Kier molecular flexibility index (Phi) is 5.45. The number of benzene rings is 1. The summed E-state index contributed by atoms with van der Waals surface area (Å²) in [5.41, 5.74) is 8.68. The van der Waals surface area contributed by atoms with E-state index in [1.807, 2.05) is 25.1 Å². The maximum Gasteiger partial charge on any atom is 0.304 e. The second-order valence-corrected chi connectivity index (χ2v) is 8.92. The van der Waals surface area contributed by atoms with Gasteiger partial charge in [0.1, 0.15) is 0 Å². The molecule has 154 valence electrons. The van der Waals surface area contributed by atoms with Gasteiger partial charge < -0.3 is 15.6 Å². The second-order valence-electron chi connectivity index (χ2n) is 8.92. The number of nitrogens with zero attached hydrogens (tertiary/aromatic N) is 1. The molecule has 0 bridgehead atoms. The van der Waals surface area contributed by atoms with Crippen molar-refractivity contribution in [3.8, 4) is 0 Å². The van der Waals surface area contributed by atoms with Crippen molar-refractivity contribution >= 4 is 5.97 Å². The molecule has 4 rings (SSSR count). The van der Waals surface area contributed by atoms with Gasteiger partial charge in [-0.3, -0.25) is 9.78 Å². The maximum atomic E-state index is 11.8. The summed E-state index contributed by atoms with van der Waals surface area (Å²) in [4.78, 5) is 16.3. The SMILES string of the molecule is C[C@H](N)c1cccc(C2CCC3(C2)C[C@](CC(=O)O)(c2ccccn2)CCO3)c1. The van der Waals surface area contributed by atoms with Gasteiger partial charge in [0.05, 0.1) is 12.0 Å². The molecule has 1 aliphatic heterocycles. The largest absolute Gasteiger partial charge is 0.481 e. The van der Waals surface area contributed by atoms with Crippen molar-refractivity contribution in [3.05, 3.63) is 65.5 Å². The zero-order valence-corrected chi connectivity index (χ0v) is 17.0. The molecule has 29 heavy (non-hydrogen) atoms. The predicted molar refractivity (Wildman–Crippen MR) is 112 cm³/mol. The first kappa shape index (κ1) is 20.0. The molecule has 2 unspecified atom stereocenters. The van der Waals surface area contributed by atoms with Crippen LogP contribution in [0.4, 0.5) is 0 Å². The first-order valence-electron chi connectivity index (χ1n) is 10.5. The Balaban J connectivity index is 1.60. The maximum absolute atomic E-state index is 11.8. The minimum absolute atomic E-state index is 0.0172. The molecule has 1 saturated heterocycles. The Bertz CT molecular complexity index is 869. The zero-order valence-electron chi connectivity index (χ0n) is 17.0. The van der Waals surface area contributed by atoms with Crippen LogP contribution in [0.1, 0.15) is 74.2 Å². The number of hydrogen-bond donors (Lipinski definition) is 2. The molecule has 2 fully saturated rings. The van der Waals surface area contributed by atoms with E-state index in [-0.39, 0.29) is 18.1 Å². The average Bonchev–Trinajstić information content (AvgIpc) is 3.11. The number of carboxylic acid groups (broad SMARTS) is 1. The topological polar surface area (TPSA) is 85.4 Å². The number of aliphatic carboxylic acids is 1. The quantitative estimate of drug-likeness (QED) is 0.788. The molecule has 2 aliphatic rings. The van der Waals surface area contributed by atoms with Gasteiger partial charge >= 0.3 is 5.97 Å². The number of aromatic nitrogens is 1. The van der Waals surface area contributed by atoms with Gasteiger partial charge in [0.15, 0.2) is 0 Å². The number of nitrogens with two attached hydrogens (primary N) is 1.